The second kappa shape index (κ2) is 15.3. The zero-order valence-corrected chi connectivity index (χ0v) is 29.3. The lowest BCUT2D eigenvalue weighted by molar-refractivity contribution is -0.124. The molecule has 4 rings (SSSR count). The number of benzene rings is 3. The van der Waals surface area contributed by atoms with E-state index in [4.69, 9.17) is 4.74 Å². The van der Waals surface area contributed by atoms with Crippen LogP contribution in [0.25, 0.3) is 11.3 Å². The van der Waals surface area contributed by atoms with Gasteiger partial charge < -0.3 is 15.2 Å². The maximum absolute atomic E-state index is 14.0. The van der Waals surface area contributed by atoms with E-state index in [-0.39, 0.29) is 36.0 Å². The molecular formula is C37H48N4O5S. The molecule has 1 aromatic heterocycles. The quantitative estimate of drug-likeness (QED) is 0.179. The van der Waals surface area contributed by atoms with E-state index in [1.165, 1.54) is 4.31 Å². The number of carbonyl (C=O) groups excluding carboxylic acids is 1. The van der Waals surface area contributed by atoms with Gasteiger partial charge in [-0.2, -0.15) is 9.40 Å². The second-order valence-electron chi connectivity index (χ2n) is 13.5. The smallest absolute Gasteiger partial charge is 0.258 e. The van der Waals surface area contributed by atoms with Crippen LogP contribution in [-0.4, -0.2) is 65.4 Å². The number of aromatic nitrogens is 2. The van der Waals surface area contributed by atoms with Crippen molar-refractivity contribution in [3.05, 3.63) is 102 Å². The number of aliphatic hydroxyl groups excluding tert-OH is 1. The molecule has 0 bridgehead atoms. The van der Waals surface area contributed by atoms with Crippen molar-refractivity contribution in [1.82, 2.24) is 19.4 Å². The number of hydrogen-bond acceptors (Lipinski definition) is 6. The van der Waals surface area contributed by atoms with Gasteiger partial charge in [-0.1, -0.05) is 74.5 Å². The number of sulfonamides is 1. The molecule has 0 saturated heterocycles. The number of para-hydroxylation sites is 1. The van der Waals surface area contributed by atoms with E-state index in [0.29, 0.717) is 12.2 Å². The van der Waals surface area contributed by atoms with Crippen LogP contribution >= 0.6 is 0 Å². The third-order valence-corrected chi connectivity index (χ3v) is 9.74. The number of carbonyl (C=O) groups is 1. The SMILES string of the molecule is Cc1cccc(C)c1OCC(=O)N[C@@H](Cc1ccccc1)[C@@H](O)CN(CC(C)C)S(=O)(=O)c1ccc(-c2ccnn2C(C)(C)C)cc1. The lowest BCUT2D eigenvalue weighted by Gasteiger charge is -2.31. The van der Waals surface area contributed by atoms with E-state index in [2.05, 4.69) is 31.2 Å². The van der Waals surface area contributed by atoms with Crippen LogP contribution in [0.2, 0.25) is 0 Å². The first-order valence-corrected chi connectivity index (χ1v) is 17.5. The lowest BCUT2D eigenvalue weighted by Crippen LogP contribution is -2.52. The van der Waals surface area contributed by atoms with Crippen LogP contribution in [0.5, 0.6) is 5.75 Å². The Morgan fingerprint density at radius 1 is 0.936 bits per heavy atom. The number of ether oxygens (including phenoxy) is 1. The van der Waals surface area contributed by atoms with Crippen molar-refractivity contribution in [1.29, 1.82) is 0 Å². The fourth-order valence-electron chi connectivity index (χ4n) is 5.58. The van der Waals surface area contributed by atoms with Gasteiger partial charge in [0, 0.05) is 19.3 Å². The van der Waals surface area contributed by atoms with Gasteiger partial charge in [0.05, 0.1) is 28.3 Å². The van der Waals surface area contributed by atoms with Gasteiger partial charge in [-0.15, -0.1) is 0 Å². The van der Waals surface area contributed by atoms with Gasteiger partial charge in [-0.3, -0.25) is 9.48 Å². The third-order valence-electron chi connectivity index (χ3n) is 7.89. The summed E-state index contributed by atoms with van der Waals surface area (Å²) in [5, 5.41) is 19.0. The monoisotopic (exact) mass is 660 g/mol. The van der Waals surface area contributed by atoms with Crippen LogP contribution in [0.1, 0.15) is 51.3 Å². The summed E-state index contributed by atoms with van der Waals surface area (Å²) in [6.45, 7) is 13.6. The molecule has 1 amide bonds. The molecule has 9 nitrogen and oxygen atoms in total. The van der Waals surface area contributed by atoms with Crippen molar-refractivity contribution in [2.24, 2.45) is 5.92 Å². The van der Waals surface area contributed by atoms with Crippen LogP contribution < -0.4 is 10.1 Å². The van der Waals surface area contributed by atoms with E-state index in [1.54, 1.807) is 30.5 Å². The summed E-state index contributed by atoms with van der Waals surface area (Å²) >= 11 is 0. The fraction of sp³-hybridized carbons (Fsp3) is 0.405. The lowest BCUT2D eigenvalue weighted by atomic mass is 10.0. The maximum atomic E-state index is 14.0. The number of rotatable bonds is 14. The van der Waals surface area contributed by atoms with Gasteiger partial charge in [0.25, 0.3) is 5.91 Å². The number of nitrogens with zero attached hydrogens (tertiary/aromatic N) is 3. The predicted molar refractivity (Wildman–Crippen MR) is 186 cm³/mol. The Morgan fingerprint density at radius 3 is 2.17 bits per heavy atom. The van der Waals surface area contributed by atoms with Gasteiger partial charge >= 0.3 is 0 Å². The molecule has 4 aromatic rings. The van der Waals surface area contributed by atoms with E-state index in [0.717, 1.165) is 27.9 Å². The molecule has 0 radical (unpaired) electrons. The Hall–Kier alpha value is -3.99. The summed E-state index contributed by atoms with van der Waals surface area (Å²) in [6, 6.07) is 23.2. The maximum Gasteiger partial charge on any atom is 0.258 e. The molecule has 10 heteroatoms. The molecule has 0 aliphatic heterocycles. The van der Waals surface area contributed by atoms with Gasteiger partial charge in [0.2, 0.25) is 10.0 Å². The molecule has 3 aromatic carbocycles. The van der Waals surface area contributed by atoms with Crippen LogP contribution in [0.4, 0.5) is 0 Å². The van der Waals surface area contributed by atoms with Crippen molar-refractivity contribution >= 4 is 15.9 Å². The van der Waals surface area contributed by atoms with Crippen molar-refractivity contribution in [2.75, 3.05) is 19.7 Å². The molecule has 0 aliphatic rings. The van der Waals surface area contributed by atoms with Gasteiger partial charge in [0.15, 0.2) is 6.61 Å². The van der Waals surface area contributed by atoms with E-state index < -0.39 is 28.1 Å². The summed E-state index contributed by atoms with van der Waals surface area (Å²) in [5.74, 6) is 0.229. The Labute approximate surface area is 279 Å². The summed E-state index contributed by atoms with van der Waals surface area (Å²) in [4.78, 5) is 13.3. The first kappa shape index (κ1) is 35.9. The van der Waals surface area contributed by atoms with Crippen molar-refractivity contribution in [2.45, 2.75) is 77.5 Å². The van der Waals surface area contributed by atoms with Crippen LogP contribution in [0.3, 0.4) is 0 Å². The average Bonchev–Trinajstić information content (AvgIpc) is 3.52. The summed E-state index contributed by atoms with van der Waals surface area (Å²) in [5.41, 5.74) is 4.22. The van der Waals surface area contributed by atoms with Crippen LogP contribution in [0.15, 0.2) is 90.0 Å². The topological polar surface area (TPSA) is 114 Å². The van der Waals surface area contributed by atoms with E-state index in [9.17, 15) is 18.3 Å². The Bertz CT molecular complexity index is 1710. The molecule has 47 heavy (non-hydrogen) atoms. The molecular weight excluding hydrogens is 612 g/mol. The minimum atomic E-state index is -3.99. The number of amides is 1. The molecule has 0 aliphatic carbocycles. The normalized spacial score (nSPS) is 13.5. The zero-order chi connectivity index (χ0) is 34.4. The highest BCUT2D eigenvalue weighted by Gasteiger charge is 2.31. The highest BCUT2D eigenvalue weighted by Crippen LogP contribution is 2.28. The number of nitrogens with one attached hydrogen (secondary N) is 1. The number of aryl methyl sites for hydroxylation is 2. The summed E-state index contributed by atoms with van der Waals surface area (Å²) in [7, 11) is -3.99. The Balaban J connectivity index is 1.55. The molecule has 0 saturated carbocycles. The van der Waals surface area contributed by atoms with Crippen molar-refractivity contribution in [3.63, 3.8) is 0 Å². The van der Waals surface area contributed by atoms with Gasteiger partial charge in [-0.25, -0.2) is 8.42 Å². The highest BCUT2D eigenvalue weighted by molar-refractivity contribution is 7.89. The second-order valence-corrected chi connectivity index (χ2v) is 15.4. The molecule has 2 N–H and O–H groups in total. The molecule has 2 atom stereocenters. The van der Waals surface area contributed by atoms with Gasteiger partial charge in [-0.05, 0) is 87.4 Å². The minimum Gasteiger partial charge on any atom is -0.483 e. The third kappa shape index (κ3) is 9.31. The van der Waals surface area contributed by atoms with Crippen molar-refractivity contribution < 1.29 is 23.1 Å². The Kier molecular flexibility index (Phi) is 11.7. The molecule has 0 spiro atoms. The van der Waals surface area contributed by atoms with Crippen LogP contribution in [0, 0.1) is 19.8 Å². The number of aliphatic hydroxyl groups is 1. The summed E-state index contributed by atoms with van der Waals surface area (Å²) in [6.07, 6.45) is 0.841. The van der Waals surface area contributed by atoms with E-state index >= 15 is 0 Å². The molecule has 0 unspecified atom stereocenters. The largest absolute Gasteiger partial charge is 0.483 e. The average molecular weight is 661 g/mol. The molecule has 0 fully saturated rings. The van der Waals surface area contributed by atoms with Crippen LogP contribution in [-0.2, 0) is 26.8 Å². The zero-order valence-electron chi connectivity index (χ0n) is 28.5. The standard InChI is InChI=1S/C37H48N4O5S/c1-26(2)23-40(47(44,45)31-18-16-30(17-19-31)33-20-21-38-41(33)37(5,6)7)24-34(42)32(22-29-14-9-8-10-15-29)39-35(43)25-46-36-27(3)12-11-13-28(36)4/h8-21,26,32,34,42H,22-25H2,1-7H3,(H,39,43)/t32-,34-/m0/s1. The number of hydrogen-bond donors (Lipinski definition) is 2. The Morgan fingerprint density at radius 2 is 1.57 bits per heavy atom. The first-order chi connectivity index (χ1) is 22.2. The molecule has 252 valence electrons. The first-order valence-electron chi connectivity index (χ1n) is 16.0. The van der Waals surface area contributed by atoms with Crippen molar-refractivity contribution in [3.8, 4) is 17.0 Å². The summed E-state index contributed by atoms with van der Waals surface area (Å²) < 4.78 is 37.2. The van der Waals surface area contributed by atoms with Gasteiger partial charge in [0.1, 0.15) is 5.75 Å². The highest BCUT2D eigenvalue weighted by atomic mass is 32.2. The predicted octanol–water partition coefficient (Wildman–Crippen LogP) is 5.74. The molecule has 1 heterocycles. The minimum absolute atomic E-state index is 0.00898. The fourth-order valence-corrected chi connectivity index (χ4v) is 7.20. The van der Waals surface area contributed by atoms with E-state index in [1.807, 2.05) is 87.0 Å².